The van der Waals surface area contributed by atoms with Crippen LogP contribution >= 0.6 is 11.3 Å². The van der Waals surface area contributed by atoms with E-state index >= 15 is 0 Å². The lowest BCUT2D eigenvalue weighted by Gasteiger charge is -2.09. The van der Waals surface area contributed by atoms with Crippen LogP contribution in [-0.2, 0) is 0 Å². The van der Waals surface area contributed by atoms with Crippen molar-refractivity contribution in [2.75, 3.05) is 12.8 Å². The number of nitrogens with zero attached hydrogens (tertiary/aromatic N) is 3. The molecule has 0 unspecified atom stereocenters. The lowest BCUT2D eigenvalue weighted by molar-refractivity contribution is 0.416. The Labute approximate surface area is 216 Å². The number of methoxy groups -OCH3 is 1. The number of hydrogen-bond acceptors (Lipinski definition) is 6. The molecule has 178 valence electrons. The third kappa shape index (κ3) is 3.51. The van der Waals surface area contributed by atoms with Crippen LogP contribution in [0.2, 0.25) is 0 Å². The molecule has 0 saturated heterocycles. The van der Waals surface area contributed by atoms with Gasteiger partial charge in [-0.1, -0.05) is 90.2 Å². The quantitative estimate of drug-likeness (QED) is 0.248. The number of nitrogens with two attached hydrogens (primary N) is 1. The molecule has 0 fully saturated rings. The Morgan fingerprint density at radius 1 is 0.730 bits per heavy atom. The summed E-state index contributed by atoms with van der Waals surface area (Å²) in [6, 6.07) is 31.4. The fraction of sp³-hybridized carbons (Fsp3) is 0.0333. The van der Waals surface area contributed by atoms with Crippen LogP contribution in [0.4, 0.5) is 5.13 Å². The minimum Gasteiger partial charge on any atom is -0.496 e. The van der Waals surface area contributed by atoms with Gasteiger partial charge in [0.25, 0.3) is 0 Å². The van der Waals surface area contributed by atoms with Gasteiger partial charge < -0.3 is 15.5 Å². The highest BCUT2D eigenvalue weighted by Crippen LogP contribution is 2.38. The maximum atomic E-state index is 5.81. The molecule has 0 aliphatic rings. The maximum absolute atomic E-state index is 5.81. The number of anilines is 1. The summed E-state index contributed by atoms with van der Waals surface area (Å²) in [6.45, 7) is 0. The number of aromatic nitrogens is 4. The van der Waals surface area contributed by atoms with Gasteiger partial charge >= 0.3 is 0 Å². The van der Waals surface area contributed by atoms with Gasteiger partial charge in [-0.3, -0.25) is 0 Å². The zero-order chi connectivity index (χ0) is 24.9. The molecule has 5 aromatic carbocycles. The minimum atomic E-state index is 0.429. The van der Waals surface area contributed by atoms with E-state index in [0.717, 1.165) is 55.3 Å². The molecule has 0 spiro atoms. The first-order valence-corrected chi connectivity index (χ1v) is 12.7. The van der Waals surface area contributed by atoms with Crippen LogP contribution < -0.4 is 10.5 Å². The molecule has 0 saturated carbocycles. The number of fused-ring (bicyclic) bond motifs is 6. The molecule has 3 N–H and O–H groups in total. The van der Waals surface area contributed by atoms with Crippen molar-refractivity contribution in [3.8, 4) is 38.8 Å². The number of H-pyrrole nitrogens is 1. The molecule has 37 heavy (non-hydrogen) atoms. The van der Waals surface area contributed by atoms with Crippen molar-refractivity contribution >= 4 is 49.0 Å². The van der Waals surface area contributed by atoms with Crippen LogP contribution in [0.3, 0.4) is 0 Å². The summed E-state index contributed by atoms with van der Waals surface area (Å²) in [5.41, 5.74) is 11.9. The van der Waals surface area contributed by atoms with Crippen LogP contribution in [0.5, 0.6) is 5.75 Å². The van der Waals surface area contributed by atoms with Crippen molar-refractivity contribution in [3.05, 3.63) is 91.0 Å². The largest absolute Gasteiger partial charge is 0.496 e. The van der Waals surface area contributed by atoms with Gasteiger partial charge in [0.2, 0.25) is 5.13 Å². The van der Waals surface area contributed by atoms with E-state index in [4.69, 9.17) is 15.5 Å². The standard InChI is InChI=1S/C30H21N5OS/c1-36-25-15-14-19(16-24(25)29-34-35-30(31)37-29)17-10-12-18(13-11-17)28-32-26-22-8-4-2-6-20(22)21-7-3-5-9-23(21)27(26)33-28/h2-16H,1H3,(H2,31,35)(H,32,33). The van der Waals surface area contributed by atoms with E-state index in [2.05, 4.69) is 94.0 Å². The van der Waals surface area contributed by atoms with Gasteiger partial charge in [-0.05, 0) is 34.0 Å². The van der Waals surface area contributed by atoms with Crippen LogP contribution in [0.25, 0.3) is 65.7 Å². The number of imidazole rings is 1. The summed E-state index contributed by atoms with van der Waals surface area (Å²) in [4.78, 5) is 8.65. The number of aromatic amines is 1. The number of hydrogen-bond donors (Lipinski definition) is 2. The summed E-state index contributed by atoms with van der Waals surface area (Å²) >= 11 is 1.34. The molecule has 2 heterocycles. The van der Waals surface area contributed by atoms with E-state index < -0.39 is 0 Å². The Morgan fingerprint density at radius 3 is 2.08 bits per heavy atom. The van der Waals surface area contributed by atoms with E-state index in [0.29, 0.717) is 5.13 Å². The van der Waals surface area contributed by atoms with Gasteiger partial charge in [0.05, 0.1) is 23.7 Å². The molecule has 7 aromatic rings. The van der Waals surface area contributed by atoms with Crippen molar-refractivity contribution in [1.29, 1.82) is 0 Å². The number of rotatable bonds is 4. The first-order chi connectivity index (χ1) is 18.2. The Hall–Kier alpha value is -4.75. The smallest absolute Gasteiger partial charge is 0.203 e. The van der Waals surface area contributed by atoms with Crippen molar-refractivity contribution in [1.82, 2.24) is 20.2 Å². The molecule has 0 aliphatic heterocycles. The van der Waals surface area contributed by atoms with Gasteiger partial charge in [0, 0.05) is 16.3 Å². The summed E-state index contributed by atoms with van der Waals surface area (Å²) in [5.74, 6) is 1.58. The molecule has 0 amide bonds. The number of ether oxygens (including phenoxy) is 1. The van der Waals surface area contributed by atoms with Crippen LogP contribution in [0, 0.1) is 0 Å². The maximum Gasteiger partial charge on any atom is 0.203 e. The average molecular weight is 500 g/mol. The zero-order valence-electron chi connectivity index (χ0n) is 19.9. The highest BCUT2D eigenvalue weighted by Gasteiger charge is 2.15. The number of benzene rings is 5. The molecular weight excluding hydrogens is 478 g/mol. The summed E-state index contributed by atoms with van der Waals surface area (Å²) < 4.78 is 5.55. The Balaban J connectivity index is 1.32. The molecule has 7 rings (SSSR count). The van der Waals surface area contributed by atoms with Crippen LogP contribution in [0.15, 0.2) is 91.0 Å². The van der Waals surface area contributed by atoms with Crippen LogP contribution in [-0.4, -0.2) is 27.3 Å². The Morgan fingerprint density at radius 2 is 1.38 bits per heavy atom. The van der Waals surface area contributed by atoms with Gasteiger partial charge in [-0.2, -0.15) is 0 Å². The monoisotopic (exact) mass is 499 g/mol. The number of nitrogen functional groups attached to an aromatic ring is 1. The van der Waals surface area contributed by atoms with E-state index in [9.17, 15) is 0 Å². The van der Waals surface area contributed by atoms with E-state index in [1.54, 1.807) is 7.11 Å². The Kier molecular flexibility index (Phi) is 4.90. The summed E-state index contributed by atoms with van der Waals surface area (Å²) in [5, 5.41) is 14.1. The molecule has 7 heteroatoms. The lowest BCUT2D eigenvalue weighted by Crippen LogP contribution is -1.89. The summed E-state index contributed by atoms with van der Waals surface area (Å²) in [7, 11) is 1.65. The van der Waals surface area contributed by atoms with Crippen molar-refractivity contribution < 1.29 is 4.74 Å². The van der Waals surface area contributed by atoms with Crippen molar-refractivity contribution in [3.63, 3.8) is 0 Å². The fourth-order valence-electron chi connectivity index (χ4n) is 4.98. The van der Waals surface area contributed by atoms with Gasteiger partial charge in [0.15, 0.2) is 5.01 Å². The highest BCUT2D eigenvalue weighted by molar-refractivity contribution is 7.18. The SMILES string of the molecule is COc1ccc(-c2ccc(-c3nc4c5ccccc5c5ccccc5c4[nH]3)cc2)cc1-c1nnc(N)s1. The second-order valence-electron chi connectivity index (χ2n) is 8.84. The first kappa shape index (κ1) is 21.5. The fourth-order valence-corrected chi connectivity index (χ4v) is 5.61. The number of nitrogens with one attached hydrogen (secondary N) is 1. The normalized spacial score (nSPS) is 11.5. The highest BCUT2D eigenvalue weighted by atomic mass is 32.1. The van der Waals surface area contributed by atoms with Crippen molar-refractivity contribution in [2.45, 2.75) is 0 Å². The Bertz CT molecular complexity index is 1870. The predicted octanol–water partition coefficient (Wildman–Crippen LogP) is 7.31. The first-order valence-electron chi connectivity index (χ1n) is 11.9. The van der Waals surface area contributed by atoms with Crippen LogP contribution in [0.1, 0.15) is 0 Å². The van der Waals surface area contributed by atoms with Gasteiger partial charge in [-0.15, -0.1) is 10.2 Å². The third-order valence-electron chi connectivity index (χ3n) is 6.73. The topological polar surface area (TPSA) is 89.7 Å². The molecule has 6 nitrogen and oxygen atoms in total. The molecule has 0 atom stereocenters. The average Bonchev–Trinajstić information content (AvgIpc) is 3.60. The van der Waals surface area contributed by atoms with Crippen molar-refractivity contribution in [2.24, 2.45) is 0 Å². The summed E-state index contributed by atoms with van der Waals surface area (Å²) in [6.07, 6.45) is 0. The minimum absolute atomic E-state index is 0.429. The van der Waals surface area contributed by atoms with Gasteiger partial charge in [-0.25, -0.2) is 4.98 Å². The molecule has 0 aliphatic carbocycles. The van der Waals surface area contributed by atoms with E-state index in [1.165, 1.54) is 27.5 Å². The third-order valence-corrected chi connectivity index (χ3v) is 7.52. The molecule has 0 bridgehead atoms. The van der Waals surface area contributed by atoms with Gasteiger partial charge in [0.1, 0.15) is 11.6 Å². The molecule has 0 radical (unpaired) electrons. The zero-order valence-corrected chi connectivity index (χ0v) is 20.7. The second-order valence-corrected chi connectivity index (χ2v) is 9.85. The lowest BCUT2D eigenvalue weighted by atomic mass is 10.0. The van der Waals surface area contributed by atoms with E-state index in [-0.39, 0.29) is 0 Å². The second kappa shape index (κ2) is 8.43. The molecule has 2 aromatic heterocycles. The molecular formula is C30H21N5OS. The van der Waals surface area contributed by atoms with E-state index in [1.807, 2.05) is 12.1 Å². The predicted molar refractivity (Wildman–Crippen MR) is 152 cm³/mol.